The molecule has 1 N–H and O–H groups in total. The van der Waals surface area contributed by atoms with E-state index in [9.17, 15) is 9.90 Å². The fraction of sp³-hybridized carbons (Fsp3) is 0.824. The molecular weight excluding hydrogens is 236 g/mol. The molecule has 0 saturated carbocycles. The summed E-state index contributed by atoms with van der Waals surface area (Å²) in [7, 11) is 0. The van der Waals surface area contributed by atoms with Gasteiger partial charge in [-0.05, 0) is 64.2 Å². The minimum Gasteiger partial charge on any atom is -0.481 e. The van der Waals surface area contributed by atoms with Crippen LogP contribution in [0.4, 0.5) is 0 Å². The Kier molecular flexibility index (Phi) is 5.64. The number of rotatable bonds is 6. The summed E-state index contributed by atoms with van der Waals surface area (Å²) in [4.78, 5) is 11.4. The Morgan fingerprint density at radius 3 is 2.58 bits per heavy atom. The molecule has 2 heteroatoms. The van der Waals surface area contributed by atoms with Gasteiger partial charge in [0.1, 0.15) is 0 Å². The molecule has 0 bridgehead atoms. The summed E-state index contributed by atoms with van der Waals surface area (Å²) >= 11 is 0. The van der Waals surface area contributed by atoms with Gasteiger partial charge >= 0.3 is 5.97 Å². The normalized spacial score (nSPS) is 23.6. The SMILES string of the molecule is CCC(CC(C)C1CC=C(C)CC1)C(C)(C)C(=O)O. The molecule has 0 amide bonds. The van der Waals surface area contributed by atoms with Crippen LogP contribution in [0.2, 0.25) is 0 Å². The molecule has 3 atom stereocenters. The first-order chi connectivity index (χ1) is 8.78. The predicted octanol–water partition coefficient (Wildman–Crippen LogP) is 4.90. The third kappa shape index (κ3) is 4.09. The average Bonchev–Trinajstić information content (AvgIpc) is 2.35. The van der Waals surface area contributed by atoms with Gasteiger partial charge in [0.25, 0.3) is 0 Å². The van der Waals surface area contributed by atoms with Gasteiger partial charge in [0.15, 0.2) is 0 Å². The van der Waals surface area contributed by atoms with E-state index >= 15 is 0 Å². The van der Waals surface area contributed by atoms with Gasteiger partial charge in [0, 0.05) is 0 Å². The number of hydrogen-bond donors (Lipinski definition) is 1. The lowest BCUT2D eigenvalue weighted by Crippen LogP contribution is -2.34. The predicted molar refractivity (Wildman–Crippen MR) is 80.1 cm³/mol. The Hall–Kier alpha value is -0.790. The maximum absolute atomic E-state index is 11.4. The van der Waals surface area contributed by atoms with Crippen molar-refractivity contribution < 1.29 is 9.90 Å². The maximum Gasteiger partial charge on any atom is 0.309 e. The number of hydrogen-bond acceptors (Lipinski definition) is 1. The lowest BCUT2D eigenvalue weighted by atomic mass is 9.69. The van der Waals surface area contributed by atoms with Crippen LogP contribution < -0.4 is 0 Å². The van der Waals surface area contributed by atoms with Gasteiger partial charge in [0.05, 0.1) is 5.41 Å². The summed E-state index contributed by atoms with van der Waals surface area (Å²) in [6.07, 6.45) is 8.02. The summed E-state index contributed by atoms with van der Waals surface area (Å²) < 4.78 is 0. The molecule has 0 aromatic carbocycles. The lowest BCUT2D eigenvalue weighted by molar-refractivity contribution is -0.150. The number of carboxylic acids is 1. The third-order valence-electron chi connectivity index (χ3n) is 5.20. The molecule has 3 unspecified atom stereocenters. The number of carbonyl (C=O) groups is 1. The van der Waals surface area contributed by atoms with Gasteiger partial charge in [-0.15, -0.1) is 0 Å². The summed E-state index contributed by atoms with van der Waals surface area (Å²) in [5.41, 5.74) is 0.907. The highest BCUT2D eigenvalue weighted by Gasteiger charge is 2.37. The monoisotopic (exact) mass is 266 g/mol. The molecule has 1 rings (SSSR count). The first-order valence-corrected chi connectivity index (χ1v) is 7.68. The first kappa shape index (κ1) is 16.3. The van der Waals surface area contributed by atoms with Gasteiger partial charge in [-0.25, -0.2) is 0 Å². The molecule has 0 saturated heterocycles. The zero-order valence-corrected chi connectivity index (χ0v) is 13.2. The molecule has 19 heavy (non-hydrogen) atoms. The standard InChI is InChI=1S/C17H30O2/c1-6-15(17(4,5)16(18)19)11-13(3)14-9-7-12(2)8-10-14/h7,13-15H,6,8-11H2,1-5H3,(H,18,19). The van der Waals surface area contributed by atoms with Crippen LogP contribution in [0.25, 0.3) is 0 Å². The minimum atomic E-state index is -0.661. The minimum absolute atomic E-state index is 0.270. The lowest BCUT2D eigenvalue weighted by Gasteiger charge is -2.35. The van der Waals surface area contributed by atoms with Crippen molar-refractivity contribution in [3.8, 4) is 0 Å². The van der Waals surface area contributed by atoms with E-state index in [-0.39, 0.29) is 5.92 Å². The van der Waals surface area contributed by atoms with E-state index in [2.05, 4.69) is 26.8 Å². The Morgan fingerprint density at radius 2 is 2.16 bits per heavy atom. The largest absolute Gasteiger partial charge is 0.481 e. The zero-order valence-electron chi connectivity index (χ0n) is 13.2. The molecule has 0 aromatic rings. The number of allylic oxidation sites excluding steroid dienone is 2. The van der Waals surface area contributed by atoms with E-state index in [0.717, 1.165) is 18.8 Å². The molecule has 2 nitrogen and oxygen atoms in total. The second-order valence-electron chi connectivity index (χ2n) is 6.93. The highest BCUT2D eigenvalue weighted by Crippen LogP contribution is 2.39. The van der Waals surface area contributed by atoms with Gasteiger partial charge in [-0.3, -0.25) is 4.79 Å². The molecule has 0 aliphatic heterocycles. The van der Waals surface area contributed by atoms with E-state index in [1.54, 1.807) is 0 Å². The quantitative estimate of drug-likeness (QED) is 0.694. The Morgan fingerprint density at radius 1 is 1.53 bits per heavy atom. The molecule has 1 aliphatic rings. The second kappa shape index (κ2) is 6.58. The topological polar surface area (TPSA) is 37.3 Å². The van der Waals surface area contributed by atoms with Crippen LogP contribution >= 0.6 is 0 Å². The van der Waals surface area contributed by atoms with Crippen molar-refractivity contribution in [1.82, 2.24) is 0 Å². The van der Waals surface area contributed by atoms with E-state index in [1.165, 1.54) is 24.8 Å². The molecule has 110 valence electrons. The van der Waals surface area contributed by atoms with E-state index in [4.69, 9.17) is 0 Å². The summed E-state index contributed by atoms with van der Waals surface area (Å²) in [5.74, 6) is 0.966. The summed E-state index contributed by atoms with van der Waals surface area (Å²) in [5, 5.41) is 9.39. The van der Waals surface area contributed by atoms with Crippen LogP contribution in [0.3, 0.4) is 0 Å². The van der Waals surface area contributed by atoms with Gasteiger partial charge in [-0.1, -0.05) is 31.9 Å². The van der Waals surface area contributed by atoms with E-state index in [1.807, 2.05) is 13.8 Å². The molecule has 0 heterocycles. The van der Waals surface area contributed by atoms with Crippen LogP contribution in [0.5, 0.6) is 0 Å². The fourth-order valence-corrected chi connectivity index (χ4v) is 3.29. The van der Waals surface area contributed by atoms with Crippen LogP contribution in [-0.2, 0) is 4.79 Å². The van der Waals surface area contributed by atoms with E-state index < -0.39 is 11.4 Å². The molecular formula is C17H30O2. The number of aliphatic carboxylic acids is 1. The molecule has 0 aromatic heterocycles. The first-order valence-electron chi connectivity index (χ1n) is 7.68. The van der Waals surface area contributed by atoms with Crippen LogP contribution in [0.15, 0.2) is 11.6 Å². The van der Waals surface area contributed by atoms with Crippen molar-refractivity contribution >= 4 is 5.97 Å². The molecule has 1 aliphatic carbocycles. The smallest absolute Gasteiger partial charge is 0.309 e. The molecule has 0 radical (unpaired) electrons. The van der Waals surface area contributed by atoms with Gasteiger partial charge < -0.3 is 5.11 Å². The zero-order chi connectivity index (χ0) is 14.6. The van der Waals surface area contributed by atoms with Crippen molar-refractivity contribution in [2.45, 2.75) is 66.7 Å². The highest BCUT2D eigenvalue weighted by atomic mass is 16.4. The average molecular weight is 266 g/mol. The maximum atomic E-state index is 11.4. The van der Waals surface area contributed by atoms with Crippen LogP contribution in [0, 0.1) is 23.2 Å². The Bertz CT molecular complexity index is 341. The van der Waals surface area contributed by atoms with Crippen molar-refractivity contribution in [3.63, 3.8) is 0 Å². The summed E-state index contributed by atoms with van der Waals surface area (Å²) in [6, 6.07) is 0. The second-order valence-corrected chi connectivity index (χ2v) is 6.93. The van der Waals surface area contributed by atoms with Crippen molar-refractivity contribution in [2.75, 3.05) is 0 Å². The Balaban J connectivity index is 2.63. The van der Waals surface area contributed by atoms with Crippen molar-refractivity contribution in [2.24, 2.45) is 23.2 Å². The summed E-state index contributed by atoms with van der Waals surface area (Å²) in [6.45, 7) is 10.4. The van der Waals surface area contributed by atoms with Crippen molar-refractivity contribution in [1.29, 1.82) is 0 Å². The van der Waals surface area contributed by atoms with Gasteiger partial charge in [-0.2, -0.15) is 0 Å². The third-order valence-corrected chi connectivity index (χ3v) is 5.20. The fourth-order valence-electron chi connectivity index (χ4n) is 3.29. The molecule has 0 fully saturated rings. The van der Waals surface area contributed by atoms with E-state index in [0.29, 0.717) is 5.92 Å². The van der Waals surface area contributed by atoms with Gasteiger partial charge in [0.2, 0.25) is 0 Å². The molecule has 0 spiro atoms. The van der Waals surface area contributed by atoms with Crippen molar-refractivity contribution in [3.05, 3.63) is 11.6 Å². The Labute approximate surface area is 118 Å². The van der Waals surface area contributed by atoms with Crippen LogP contribution in [-0.4, -0.2) is 11.1 Å². The number of carboxylic acid groups (broad SMARTS) is 1. The van der Waals surface area contributed by atoms with Crippen LogP contribution in [0.1, 0.15) is 66.7 Å². The highest BCUT2D eigenvalue weighted by molar-refractivity contribution is 5.74.